The van der Waals surface area contributed by atoms with E-state index in [1.54, 1.807) is 15.9 Å². The van der Waals surface area contributed by atoms with Crippen LogP contribution < -0.4 is 5.32 Å². The summed E-state index contributed by atoms with van der Waals surface area (Å²) in [5.41, 5.74) is 2.08. The second-order valence-electron chi connectivity index (χ2n) is 4.55. The van der Waals surface area contributed by atoms with E-state index in [4.69, 9.17) is 0 Å². The normalized spacial score (nSPS) is 11.2. The van der Waals surface area contributed by atoms with Gasteiger partial charge in [-0.2, -0.15) is 14.6 Å². The van der Waals surface area contributed by atoms with Gasteiger partial charge in [0, 0.05) is 16.6 Å². The number of rotatable bonds is 4. The molecule has 1 N–H and O–H groups in total. The molecule has 0 atom stereocenters. The molecular formula is C13H16N6S. The van der Waals surface area contributed by atoms with Crippen molar-refractivity contribution in [1.82, 2.24) is 24.6 Å². The molecule has 0 radical (unpaired) electrons. The lowest BCUT2D eigenvalue weighted by Crippen LogP contribution is -2.08. The largest absolute Gasteiger partial charge is 0.364 e. The summed E-state index contributed by atoms with van der Waals surface area (Å²) < 4.78 is 1.72. The molecule has 3 rings (SSSR count). The average molecular weight is 288 g/mol. The molecule has 7 heteroatoms. The first-order valence-electron chi connectivity index (χ1n) is 6.54. The van der Waals surface area contributed by atoms with Crippen LogP contribution in [0, 0.1) is 13.8 Å². The van der Waals surface area contributed by atoms with Gasteiger partial charge in [0.25, 0.3) is 5.78 Å². The lowest BCUT2D eigenvalue weighted by atomic mass is 10.3. The number of aromatic nitrogens is 5. The predicted octanol–water partition coefficient (Wildman–Crippen LogP) is 2.37. The standard InChI is InChI=1S/C13H16N6S/c1-4-10-5-12(19-13(18-10)15-7-16-19)14-6-11-8(2)20-9(3)17-11/h5,7,14H,4,6H2,1-3H3. The van der Waals surface area contributed by atoms with Crippen molar-refractivity contribution < 1.29 is 0 Å². The van der Waals surface area contributed by atoms with Gasteiger partial charge in [0.1, 0.15) is 12.1 Å². The molecule has 0 aliphatic carbocycles. The first-order chi connectivity index (χ1) is 9.67. The average Bonchev–Trinajstić information content (AvgIpc) is 3.02. The van der Waals surface area contributed by atoms with E-state index in [1.807, 2.05) is 13.0 Å². The number of hydrogen-bond donors (Lipinski definition) is 1. The predicted molar refractivity (Wildman–Crippen MR) is 79.1 cm³/mol. The van der Waals surface area contributed by atoms with E-state index in [0.717, 1.165) is 28.6 Å². The summed E-state index contributed by atoms with van der Waals surface area (Å²) in [5, 5.41) is 8.67. The van der Waals surface area contributed by atoms with Crippen LogP contribution in [0.4, 0.5) is 5.82 Å². The highest BCUT2D eigenvalue weighted by Gasteiger charge is 2.09. The molecule has 0 spiro atoms. The maximum Gasteiger partial charge on any atom is 0.254 e. The van der Waals surface area contributed by atoms with Gasteiger partial charge in [-0.15, -0.1) is 11.3 Å². The Morgan fingerprint density at radius 2 is 2.15 bits per heavy atom. The third kappa shape index (κ3) is 2.36. The molecule has 0 aromatic carbocycles. The molecule has 0 bridgehead atoms. The highest BCUT2D eigenvalue weighted by atomic mass is 32.1. The summed E-state index contributed by atoms with van der Waals surface area (Å²) in [6.45, 7) is 6.88. The molecule has 3 aromatic rings. The maximum absolute atomic E-state index is 4.53. The number of hydrogen-bond acceptors (Lipinski definition) is 6. The molecular weight excluding hydrogens is 272 g/mol. The second-order valence-corrected chi connectivity index (χ2v) is 5.95. The van der Waals surface area contributed by atoms with E-state index in [9.17, 15) is 0 Å². The van der Waals surface area contributed by atoms with Crippen LogP contribution in [-0.2, 0) is 13.0 Å². The molecule has 0 saturated carbocycles. The molecule has 0 aliphatic rings. The van der Waals surface area contributed by atoms with Gasteiger partial charge in [-0.3, -0.25) is 0 Å². The van der Waals surface area contributed by atoms with E-state index in [2.05, 4.69) is 39.2 Å². The fraction of sp³-hybridized carbons (Fsp3) is 0.385. The highest BCUT2D eigenvalue weighted by Crippen LogP contribution is 2.18. The van der Waals surface area contributed by atoms with Crippen LogP contribution in [0.5, 0.6) is 0 Å². The molecule has 6 nitrogen and oxygen atoms in total. The Bertz CT molecular complexity index is 744. The molecule has 20 heavy (non-hydrogen) atoms. The number of nitrogens with zero attached hydrogens (tertiary/aromatic N) is 5. The molecule has 3 heterocycles. The first-order valence-corrected chi connectivity index (χ1v) is 7.35. The molecule has 3 aromatic heterocycles. The molecule has 0 fully saturated rings. The van der Waals surface area contributed by atoms with Crippen molar-refractivity contribution in [3.05, 3.63) is 33.7 Å². The van der Waals surface area contributed by atoms with Crippen molar-refractivity contribution in [2.24, 2.45) is 0 Å². The van der Waals surface area contributed by atoms with E-state index in [-0.39, 0.29) is 0 Å². The Balaban J connectivity index is 1.90. The Labute approximate surface area is 120 Å². The van der Waals surface area contributed by atoms with E-state index in [0.29, 0.717) is 12.3 Å². The summed E-state index contributed by atoms with van der Waals surface area (Å²) in [6.07, 6.45) is 2.39. The maximum atomic E-state index is 4.53. The van der Waals surface area contributed by atoms with Crippen LogP contribution in [0.15, 0.2) is 12.4 Å². The molecule has 0 amide bonds. The van der Waals surface area contributed by atoms with E-state index >= 15 is 0 Å². The lowest BCUT2D eigenvalue weighted by Gasteiger charge is -2.08. The van der Waals surface area contributed by atoms with Crippen molar-refractivity contribution in [3.8, 4) is 0 Å². The molecule has 0 aliphatic heterocycles. The SMILES string of the molecule is CCc1cc(NCc2nc(C)sc2C)n2ncnc2n1. The fourth-order valence-electron chi connectivity index (χ4n) is 2.08. The van der Waals surface area contributed by atoms with Crippen LogP contribution in [-0.4, -0.2) is 24.6 Å². The van der Waals surface area contributed by atoms with Gasteiger partial charge in [-0.1, -0.05) is 6.92 Å². The Hall–Kier alpha value is -2.02. The smallest absolute Gasteiger partial charge is 0.254 e. The molecule has 0 saturated heterocycles. The van der Waals surface area contributed by atoms with E-state index < -0.39 is 0 Å². The monoisotopic (exact) mass is 288 g/mol. The van der Waals surface area contributed by atoms with Crippen molar-refractivity contribution in [1.29, 1.82) is 0 Å². The fourth-order valence-corrected chi connectivity index (χ4v) is 2.91. The van der Waals surface area contributed by atoms with Crippen LogP contribution in [0.2, 0.25) is 0 Å². The molecule has 104 valence electrons. The number of aryl methyl sites for hydroxylation is 3. The number of anilines is 1. The van der Waals surface area contributed by atoms with Crippen molar-refractivity contribution in [2.75, 3.05) is 5.32 Å². The highest BCUT2D eigenvalue weighted by molar-refractivity contribution is 7.11. The summed E-state index contributed by atoms with van der Waals surface area (Å²) in [6, 6.07) is 2.01. The van der Waals surface area contributed by atoms with Gasteiger partial charge in [-0.05, 0) is 20.3 Å². The Morgan fingerprint density at radius 1 is 1.30 bits per heavy atom. The number of thiazole rings is 1. The van der Waals surface area contributed by atoms with E-state index in [1.165, 1.54) is 11.2 Å². The van der Waals surface area contributed by atoms with Gasteiger partial charge in [0.15, 0.2) is 0 Å². The first kappa shape index (κ1) is 13.0. The summed E-state index contributed by atoms with van der Waals surface area (Å²) in [7, 11) is 0. The van der Waals surface area contributed by atoms with Crippen molar-refractivity contribution >= 4 is 22.9 Å². The van der Waals surface area contributed by atoms with Gasteiger partial charge >= 0.3 is 0 Å². The van der Waals surface area contributed by atoms with Crippen LogP contribution in [0.3, 0.4) is 0 Å². The zero-order valence-corrected chi connectivity index (χ0v) is 12.5. The number of nitrogens with one attached hydrogen (secondary N) is 1. The third-order valence-corrected chi connectivity index (χ3v) is 4.03. The quantitative estimate of drug-likeness (QED) is 0.798. The third-order valence-electron chi connectivity index (χ3n) is 3.10. The number of fused-ring (bicyclic) bond motifs is 1. The van der Waals surface area contributed by atoms with Crippen molar-refractivity contribution in [2.45, 2.75) is 33.7 Å². The summed E-state index contributed by atoms with van der Waals surface area (Å²) in [5.74, 6) is 1.52. The lowest BCUT2D eigenvalue weighted by molar-refractivity contribution is 0.895. The van der Waals surface area contributed by atoms with Gasteiger partial charge in [-0.25, -0.2) is 9.97 Å². The van der Waals surface area contributed by atoms with Crippen LogP contribution in [0.25, 0.3) is 5.78 Å². The minimum Gasteiger partial charge on any atom is -0.364 e. The molecule has 0 unspecified atom stereocenters. The van der Waals surface area contributed by atoms with Crippen LogP contribution >= 0.6 is 11.3 Å². The summed E-state index contributed by atoms with van der Waals surface area (Å²) in [4.78, 5) is 14.4. The van der Waals surface area contributed by atoms with Gasteiger partial charge < -0.3 is 5.32 Å². The zero-order valence-electron chi connectivity index (χ0n) is 11.7. The van der Waals surface area contributed by atoms with Gasteiger partial charge in [0.2, 0.25) is 0 Å². The summed E-state index contributed by atoms with van der Waals surface area (Å²) >= 11 is 1.72. The van der Waals surface area contributed by atoms with Crippen LogP contribution in [0.1, 0.15) is 28.2 Å². The zero-order chi connectivity index (χ0) is 14.1. The Kier molecular flexibility index (Phi) is 3.35. The minimum atomic E-state index is 0.623. The van der Waals surface area contributed by atoms with Gasteiger partial charge in [0.05, 0.1) is 17.2 Å². The van der Waals surface area contributed by atoms with Crippen molar-refractivity contribution in [3.63, 3.8) is 0 Å². The minimum absolute atomic E-state index is 0.623. The topological polar surface area (TPSA) is 68.0 Å². The second kappa shape index (κ2) is 5.16. The Morgan fingerprint density at radius 3 is 2.85 bits per heavy atom.